The van der Waals surface area contributed by atoms with Crippen LogP contribution in [0, 0.1) is 5.41 Å². The minimum absolute atomic E-state index is 0.243. The van der Waals surface area contributed by atoms with Gasteiger partial charge < -0.3 is 14.6 Å². The minimum Gasteiger partial charge on any atom is -0.393 e. The van der Waals surface area contributed by atoms with Crippen molar-refractivity contribution in [2.24, 2.45) is 5.41 Å². The van der Waals surface area contributed by atoms with E-state index in [2.05, 4.69) is 0 Å². The monoisotopic (exact) mass is 248 g/mol. The van der Waals surface area contributed by atoms with E-state index < -0.39 is 0 Å². The first-order valence-corrected chi connectivity index (χ1v) is 6.50. The summed E-state index contributed by atoms with van der Waals surface area (Å²) in [4.78, 5) is 11.3. The lowest BCUT2D eigenvalue weighted by atomic mass is 9.75. The number of aliphatic hydroxyl groups excluding tert-OH is 1. The van der Waals surface area contributed by atoms with E-state index in [0.29, 0.717) is 26.1 Å². The molecule has 0 radical (unpaired) electrons. The Hall–Kier alpha value is -1.19. The summed E-state index contributed by atoms with van der Waals surface area (Å²) in [6, 6.07) is 9.95. The Morgan fingerprint density at radius 1 is 1.28 bits per heavy atom. The van der Waals surface area contributed by atoms with Crippen LogP contribution in [0.25, 0.3) is 0 Å². The molecule has 3 nitrogen and oxygen atoms in total. The summed E-state index contributed by atoms with van der Waals surface area (Å²) in [5.41, 5.74) is 0.739. The molecule has 1 aromatic carbocycles. The highest BCUT2D eigenvalue weighted by molar-refractivity contribution is 5.59. The quantitative estimate of drug-likeness (QED) is 0.813. The van der Waals surface area contributed by atoms with Gasteiger partial charge in [0.1, 0.15) is 6.29 Å². The molecule has 1 aliphatic rings. The number of hydrogen-bond acceptors (Lipinski definition) is 3. The molecule has 0 atom stereocenters. The normalized spacial score (nSPS) is 27.9. The maximum Gasteiger partial charge on any atom is 0.128 e. The van der Waals surface area contributed by atoms with E-state index in [1.54, 1.807) is 0 Å². The number of rotatable bonds is 5. The smallest absolute Gasteiger partial charge is 0.128 e. The number of aliphatic hydroxyl groups is 1. The fourth-order valence-electron chi connectivity index (χ4n) is 2.42. The van der Waals surface area contributed by atoms with Gasteiger partial charge in [0.2, 0.25) is 0 Å². The van der Waals surface area contributed by atoms with Crippen molar-refractivity contribution in [1.82, 2.24) is 0 Å². The molecule has 0 heterocycles. The SMILES string of the molecule is O=C[C@]1(COCc2ccccc2)CC[C@H](O)CC1. The Kier molecular flexibility index (Phi) is 4.50. The second-order valence-corrected chi connectivity index (χ2v) is 5.19. The first-order chi connectivity index (χ1) is 8.74. The summed E-state index contributed by atoms with van der Waals surface area (Å²) >= 11 is 0. The van der Waals surface area contributed by atoms with Crippen LogP contribution < -0.4 is 0 Å². The van der Waals surface area contributed by atoms with Crippen LogP contribution in [0.1, 0.15) is 31.2 Å². The minimum atomic E-state index is -0.381. The van der Waals surface area contributed by atoms with Crippen molar-refractivity contribution >= 4 is 6.29 Å². The van der Waals surface area contributed by atoms with E-state index in [4.69, 9.17) is 4.74 Å². The lowest BCUT2D eigenvalue weighted by Crippen LogP contribution is -2.35. The van der Waals surface area contributed by atoms with Gasteiger partial charge in [-0.2, -0.15) is 0 Å². The van der Waals surface area contributed by atoms with Gasteiger partial charge in [0.15, 0.2) is 0 Å². The highest BCUT2D eigenvalue weighted by atomic mass is 16.5. The summed E-state index contributed by atoms with van der Waals surface area (Å²) in [7, 11) is 0. The number of ether oxygens (including phenoxy) is 1. The lowest BCUT2D eigenvalue weighted by Gasteiger charge is -2.33. The zero-order chi connectivity index (χ0) is 12.8. The maximum atomic E-state index is 11.3. The van der Waals surface area contributed by atoms with Gasteiger partial charge in [-0.15, -0.1) is 0 Å². The van der Waals surface area contributed by atoms with E-state index >= 15 is 0 Å². The van der Waals surface area contributed by atoms with Crippen LogP contribution in [0.2, 0.25) is 0 Å². The van der Waals surface area contributed by atoms with Crippen LogP contribution in [0.4, 0.5) is 0 Å². The predicted molar refractivity (Wildman–Crippen MR) is 69.1 cm³/mol. The van der Waals surface area contributed by atoms with Crippen LogP contribution in [0.3, 0.4) is 0 Å². The zero-order valence-electron chi connectivity index (χ0n) is 10.5. The first-order valence-electron chi connectivity index (χ1n) is 6.50. The average molecular weight is 248 g/mol. The second kappa shape index (κ2) is 6.12. The molecule has 0 saturated heterocycles. The van der Waals surface area contributed by atoms with Crippen molar-refractivity contribution in [3.05, 3.63) is 35.9 Å². The molecule has 0 aromatic heterocycles. The van der Waals surface area contributed by atoms with E-state index in [-0.39, 0.29) is 11.5 Å². The molecule has 1 aliphatic carbocycles. The standard InChI is InChI=1S/C15H20O3/c16-11-15(8-6-14(17)7-9-15)12-18-10-13-4-2-1-3-5-13/h1-5,11,14,17H,6-10,12H2/t14-,15-. The lowest BCUT2D eigenvalue weighted by molar-refractivity contribution is -0.124. The Bertz CT molecular complexity index is 367. The van der Waals surface area contributed by atoms with Gasteiger partial charge in [0.05, 0.1) is 19.3 Å². The third-order valence-corrected chi connectivity index (χ3v) is 3.70. The van der Waals surface area contributed by atoms with Crippen molar-refractivity contribution < 1.29 is 14.6 Å². The molecule has 0 unspecified atom stereocenters. The maximum absolute atomic E-state index is 11.3. The number of aldehydes is 1. The van der Waals surface area contributed by atoms with E-state index in [9.17, 15) is 9.90 Å². The number of hydrogen-bond donors (Lipinski definition) is 1. The molecule has 0 spiro atoms. The fraction of sp³-hybridized carbons (Fsp3) is 0.533. The van der Waals surface area contributed by atoms with Gasteiger partial charge in [-0.05, 0) is 31.2 Å². The fourth-order valence-corrected chi connectivity index (χ4v) is 2.42. The van der Waals surface area contributed by atoms with Gasteiger partial charge in [-0.3, -0.25) is 0 Å². The molecule has 1 fully saturated rings. The summed E-state index contributed by atoms with van der Waals surface area (Å²) in [5, 5.41) is 9.48. The Morgan fingerprint density at radius 3 is 2.56 bits per heavy atom. The molecular weight excluding hydrogens is 228 g/mol. The third kappa shape index (κ3) is 3.40. The average Bonchev–Trinajstić information content (AvgIpc) is 2.43. The second-order valence-electron chi connectivity index (χ2n) is 5.19. The summed E-state index contributed by atoms with van der Waals surface area (Å²) in [6.07, 6.45) is 3.64. The van der Waals surface area contributed by atoms with Gasteiger partial charge in [0.25, 0.3) is 0 Å². The van der Waals surface area contributed by atoms with Crippen molar-refractivity contribution in [3.8, 4) is 0 Å². The molecule has 18 heavy (non-hydrogen) atoms. The highest BCUT2D eigenvalue weighted by Gasteiger charge is 2.34. The first kappa shape index (κ1) is 13.2. The zero-order valence-corrected chi connectivity index (χ0v) is 10.5. The van der Waals surface area contributed by atoms with Crippen molar-refractivity contribution in [2.75, 3.05) is 6.61 Å². The molecule has 1 aromatic rings. The Morgan fingerprint density at radius 2 is 1.94 bits per heavy atom. The third-order valence-electron chi connectivity index (χ3n) is 3.70. The molecule has 0 aliphatic heterocycles. The van der Waals surface area contributed by atoms with Crippen LogP contribution in [0.5, 0.6) is 0 Å². The van der Waals surface area contributed by atoms with Crippen LogP contribution in [0.15, 0.2) is 30.3 Å². The molecular formula is C15H20O3. The molecule has 0 bridgehead atoms. The van der Waals surface area contributed by atoms with Crippen molar-refractivity contribution in [2.45, 2.75) is 38.4 Å². The highest BCUT2D eigenvalue weighted by Crippen LogP contribution is 2.35. The van der Waals surface area contributed by atoms with Gasteiger partial charge in [-0.1, -0.05) is 30.3 Å². The van der Waals surface area contributed by atoms with Crippen molar-refractivity contribution in [1.29, 1.82) is 0 Å². The number of carbonyl (C=O) groups is 1. The molecule has 1 N–H and O–H groups in total. The number of carbonyl (C=O) groups excluding carboxylic acids is 1. The molecule has 1 saturated carbocycles. The van der Waals surface area contributed by atoms with Gasteiger partial charge in [-0.25, -0.2) is 0 Å². The van der Waals surface area contributed by atoms with Gasteiger partial charge in [0, 0.05) is 5.41 Å². The van der Waals surface area contributed by atoms with Gasteiger partial charge >= 0.3 is 0 Å². The molecule has 3 heteroatoms. The molecule has 2 rings (SSSR count). The van der Waals surface area contributed by atoms with E-state index in [0.717, 1.165) is 24.7 Å². The summed E-state index contributed by atoms with van der Waals surface area (Å²) in [5.74, 6) is 0. The molecule has 0 amide bonds. The summed E-state index contributed by atoms with van der Waals surface area (Å²) in [6.45, 7) is 0.997. The Balaban J connectivity index is 1.82. The van der Waals surface area contributed by atoms with Crippen LogP contribution >= 0.6 is 0 Å². The van der Waals surface area contributed by atoms with Crippen LogP contribution in [-0.2, 0) is 16.1 Å². The van der Waals surface area contributed by atoms with E-state index in [1.165, 1.54) is 0 Å². The topological polar surface area (TPSA) is 46.5 Å². The Labute approximate surface area is 108 Å². The van der Waals surface area contributed by atoms with Crippen LogP contribution in [-0.4, -0.2) is 24.1 Å². The molecule has 98 valence electrons. The van der Waals surface area contributed by atoms with Crippen molar-refractivity contribution in [3.63, 3.8) is 0 Å². The predicted octanol–water partition coefficient (Wildman–Crippen LogP) is 2.32. The number of benzene rings is 1. The summed E-state index contributed by atoms with van der Waals surface area (Å²) < 4.78 is 5.68. The van der Waals surface area contributed by atoms with E-state index in [1.807, 2.05) is 30.3 Å². The largest absolute Gasteiger partial charge is 0.393 e.